The van der Waals surface area contributed by atoms with Gasteiger partial charge < -0.3 is 0 Å². The van der Waals surface area contributed by atoms with E-state index in [0.29, 0.717) is 12.7 Å². The smallest absolute Gasteiger partial charge is 0.293 e. The first-order chi connectivity index (χ1) is 5.52. The molecule has 0 bridgehead atoms. The maximum Gasteiger partial charge on any atom is 0.419 e. The minimum absolute atomic E-state index is 0.310. The fourth-order valence-electron chi connectivity index (χ4n) is 0.468. The molecule has 0 amide bonds. The van der Waals surface area contributed by atoms with E-state index in [2.05, 4.69) is 16.7 Å². The molecule has 2 nitrogen and oxygen atoms in total. The van der Waals surface area contributed by atoms with Crippen LogP contribution in [0.2, 0.25) is 0 Å². The second-order valence-corrected chi connectivity index (χ2v) is 1.89. The quantitative estimate of drug-likeness (QED) is 0.592. The first kappa shape index (κ1) is 10.9. The lowest BCUT2D eigenvalue weighted by atomic mass is 10.3. The molecule has 5 heteroatoms. The summed E-state index contributed by atoms with van der Waals surface area (Å²) in [4.78, 5) is 6.49. The monoisotopic (exact) mass is 178 g/mol. The Morgan fingerprint density at radius 3 is 2.42 bits per heavy atom. The zero-order chi connectivity index (χ0) is 9.61. The van der Waals surface area contributed by atoms with Crippen LogP contribution in [0.5, 0.6) is 0 Å². The van der Waals surface area contributed by atoms with E-state index in [-0.39, 0.29) is 0 Å². The number of allylic oxidation sites excluding steroid dienone is 1. The average molecular weight is 178 g/mol. The van der Waals surface area contributed by atoms with Gasteiger partial charge in [0.2, 0.25) is 0 Å². The van der Waals surface area contributed by atoms with Crippen molar-refractivity contribution in [2.24, 2.45) is 9.98 Å². The molecule has 0 radical (unpaired) electrons. The average Bonchev–Trinajstić information content (AvgIpc) is 1.95. The molecule has 0 aliphatic carbocycles. The number of alkyl halides is 3. The highest BCUT2D eigenvalue weighted by Gasteiger charge is 2.32. The molecule has 0 unspecified atom stereocenters. The summed E-state index contributed by atoms with van der Waals surface area (Å²) in [5.41, 5.74) is -0.889. The number of halogens is 3. The Balaban J connectivity index is 4.57. The fraction of sp³-hybridized carbons (Fsp3) is 0.429. The number of aliphatic imine (C=N–C) groups is 2. The molecule has 0 fully saturated rings. The lowest BCUT2D eigenvalue weighted by Gasteiger charge is -2.04. The zero-order valence-electron chi connectivity index (χ0n) is 6.60. The molecular formula is C7H9F3N2. The van der Waals surface area contributed by atoms with Crippen LogP contribution in [0, 0.1) is 0 Å². The Morgan fingerprint density at radius 1 is 1.50 bits per heavy atom. The third-order valence-corrected chi connectivity index (χ3v) is 0.971. The second-order valence-electron chi connectivity index (χ2n) is 1.89. The maximum absolute atomic E-state index is 12.0. The zero-order valence-corrected chi connectivity index (χ0v) is 6.60. The van der Waals surface area contributed by atoms with Crippen LogP contribution in [-0.4, -0.2) is 25.7 Å². The second kappa shape index (κ2) is 4.69. The van der Waals surface area contributed by atoms with Gasteiger partial charge in [-0.25, -0.2) is 0 Å². The normalized spacial score (nSPS) is 13.8. The molecule has 0 aromatic carbocycles. The van der Waals surface area contributed by atoms with Crippen molar-refractivity contribution in [3.63, 3.8) is 0 Å². The van der Waals surface area contributed by atoms with Crippen LogP contribution in [0.3, 0.4) is 0 Å². The van der Waals surface area contributed by atoms with E-state index in [1.807, 2.05) is 0 Å². The van der Waals surface area contributed by atoms with Crippen molar-refractivity contribution in [3.8, 4) is 0 Å². The van der Waals surface area contributed by atoms with Crippen LogP contribution in [0.1, 0.15) is 6.92 Å². The third-order valence-electron chi connectivity index (χ3n) is 0.971. The Morgan fingerprint density at radius 2 is 2.08 bits per heavy atom. The number of nitrogens with zero attached hydrogens (tertiary/aromatic N) is 2. The molecule has 0 saturated heterocycles. The molecule has 0 aliphatic heterocycles. The van der Waals surface area contributed by atoms with E-state index in [9.17, 15) is 13.2 Å². The molecule has 0 aromatic rings. The number of hydrogen-bond acceptors (Lipinski definition) is 2. The van der Waals surface area contributed by atoms with Crippen LogP contribution < -0.4 is 0 Å². The van der Waals surface area contributed by atoms with Gasteiger partial charge in [0.1, 0.15) is 0 Å². The molecule has 12 heavy (non-hydrogen) atoms. The van der Waals surface area contributed by atoms with Gasteiger partial charge >= 0.3 is 6.18 Å². The minimum atomic E-state index is -4.40. The molecular weight excluding hydrogens is 169 g/mol. The van der Waals surface area contributed by atoms with Gasteiger partial charge in [-0.15, -0.1) is 0 Å². The molecule has 0 heterocycles. The number of rotatable bonds is 3. The van der Waals surface area contributed by atoms with Crippen molar-refractivity contribution >= 4 is 12.9 Å². The molecule has 0 saturated carbocycles. The van der Waals surface area contributed by atoms with Gasteiger partial charge in [-0.3, -0.25) is 9.98 Å². The van der Waals surface area contributed by atoms with Crippen LogP contribution >= 0.6 is 0 Å². The maximum atomic E-state index is 12.0. The molecule has 0 rings (SSSR count). The van der Waals surface area contributed by atoms with Crippen molar-refractivity contribution in [1.82, 2.24) is 0 Å². The predicted octanol–water partition coefficient (Wildman–Crippen LogP) is 2.22. The van der Waals surface area contributed by atoms with Gasteiger partial charge in [0.25, 0.3) is 0 Å². The van der Waals surface area contributed by atoms with Gasteiger partial charge in [-0.2, -0.15) is 13.2 Å². The molecule has 0 N–H and O–H groups in total. The molecule has 68 valence electrons. The van der Waals surface area contributed by atoms with Gasteiger partial charge in [0, 0.05) is 19.0 Å². The molecule has 0 aromatic heterocycles. The summed E-state index contributed by atoms with van der Waals surface area (Å²) in [6.07, 6.45) is -3.02. The Hall–Kier alpha value is -1.13. The lowest BCUT2D eigenvalue weighted by Crippen LogP contribution is -2.12. The summed E-state index contributed by atoms with van der Waals surface area (Å²) in [5.74, 6) is 0. The summed E-state index contributed by atoms with van der Waals surface area (Å²) < 4.78 is 35.9. The predicted molar refractivity (Wildman–Crippen MR) is 42.7 cm³/mol. The van der Waals surface area contributed by atoms with Crippen molar-refractivity contribution < 1.29 is 13.2 Å². The van der Waals surface area contributed by atoms with E-state index in [0.717, 1.165) is 6.21 Å². The van der Waals surface area contributed by atoms with Gasteiger partial charge in [-0.05, 0) is 13.6 Å². The Labute approximate surface area is 68.5 Å². The van der Waals surface area contributed by atoms with Crippen molar-refractivity contribution in [3.05, 3.63) is 11.8 Å². The highest BCUT2D eigenvalue weighted by atomic mass is 19.4. The SMILES string of the molecule is C=N/C=C(\C=N/CC)C(F)(F)F. The highest BCUT2D eigenvalue weighted by molar-refractivity contribution is 5.80. The highest BCUT2D eigenvalue weighted by Crippen LogP contribution is 2.23. The van der Waals surface area contributed by atoms with E-state index in [1.165, 1.54) is 0 Å². The summed E-state index contributed by atoms with van der Waals surface area (Å²) in [7, 11) is 0. The van der Waals surface area contributed by atoms with E-state index >= 15 is 0 Å². The van der Waals surface area contributed by atoms with Crippen LogP contribution in [-0.2, 0) is 0 Å². The van der Waals surface area contributed by atoms with Crippen molar-refractivity contribution in [2.75, 3.05) is 6.54 Å². The largest absolute Gasteiger partial charge is 0.419 e. The summed E-state index contributed by atoms with van der Waals surface area (Å²) in [6, 6.07) is 0. The first-order valence-electron chi connectivity index (χ1n) is 3.25. The van der Waals surface area contributed by atoms with Crippen molar-refractivity contribution in [1.29, 1.82) is 0 Å². The summed E-state index contributed by atoms with van der Waals surface area (Å²) >= 11 is 0. The molecule has 0 aliphatic rings. The number of hydrogen-bond donors (Lipinski definition) is 0. The van der Waals surface area contributed by atoms with Gasteiger partial charge in [-0.1, -0.05) is 0 Å². The van der Waals surface area contributed by atoms with E-state index in [4.69, 9.17) is 0 Å². The van der Waals surface area contributed by atoms with Crippen molar-refractivity contribution in [2.45, 2.75) is 13.1 Å². The Bertz CT molecular complexity index is 203. The van der Waals surface area contributed by atoms with Crippen LogP contribution in [0.4, 0.5) is 13.2 Å². The third kappa shape index (κ3) is 3.90. The van der Waals surface area contributed by atoms with Crippen LogP contribution in [0.25, 0.3) is 0 Å². The first-order valence-corrected chi connectivity index (χ1v) is 3.25. The van der Waals surface area contributed by atoms with E-state index < -0.39 is 11.7 Å². The topological polar surface area (TPSA) is 24.7 Å². The Kier molecular flexibility index (Phi) is 4.25. The minimum Gasteiger partial charge on any atom is -0.293 e. The van der Waals surface area contributed by atoms with E-state index in [1.54, 1.807) is 6.92 Å². The standard InChI is InChI=1S/C7H9F3N2/c1-3-12-5-6(4-11-2)7(8,9)10/h4-5H,2-3H2,1H3/b6-4+,12-5-. The molecule has 0 spiro atoms. The van der Waals surface area contributed by atoms with Gasteiger partial charge in [0.05, 0.1) is 5.57 Å². The fourth-order valence-corrected chi connectivity index (χ4v) is 0.468. The van der Waals surface area contributed by atoms with Crippen LogP contribution in [0.15, 0.2) is 21.8 Å². The lowest BCUT2D eigenvalue weighted by molar-refractivity contribution is -0.0857. The summed E-state index contributed by atoms with van der Waals surface area (Å²) in [5, 5.41) is 0. The van der Waals surface area contributed by atoms with Gasteiger partial charge in [0.15, 0.2) is 0 Å². The molecule has 0 atom stereocenters. The summed E-state index contributed by atoms with van der Waals surface area (Å²) in [6.45, 7) is 4.89.